The first-order valence-corrected chi connectivity index (χ1v) is 6.91. The van der Waals surface area contributed by atoms with Crippen LogP contribution in [0.4, 0.5) is 5.95 Å². The Morgan fingerprint density at radius 2 is 2.00 bits per heavy atom. The van der Waals surface area contributed by atoms with Crippen LogP contribution in [-0.2, 0) is 16.1 Å². The van der Waals surface area contributed by atoms with Crippen molar-refractivity contribution in [2.24, 2.45) is 5.73 Å². The molecule has 2 atom stereocenters. The average Bonchev–Trinajstić information content (AvgIpc) is 2.72. The highest BCUT2D eigenvalue weighted by molar-refractivity contribution is 8.93. The van der Waals surface area contributed by atoms with Crippen LogP contribution in [0.5, 0.6) is 0 Å². The van der Waals surface area contributed by atoms with E-state index >= 15 is 0 Å². The number of fused-ring (bicyclic) bond motifs is 1. The van der Waals surface area contributed by atoms with Crippen molar-refractivity contribution in [2.75, 3.05) is 5.73 Å². The van der Waals surface area contributed by atoms with Gasteiger partial charge in [0, 0.05) is 0 Å². The Bertz CT molecular complexity index is 636. The fraction of sp³-hybridized carbons (Fsp3) is 0.467. The minimum Gasteiger partial charge on any atom is -0.369 e. The van der Waals surface area contributed by atoms with Gasteiger partial charge in [-0.3, -0.25) is 0 Å². The van der Waals surface area contributed by atoms with E-state index in [9.17, 15) is 4.79 Å². The van der Waals surface area contributed by atoms with E-state index in [1.165, 1.54) is 0 Å². The highest BCUT2D eigenvalue weighted by atomic mass is 79.9. The molecule has 22 heavy (non-hydrogen) atoms. The van der Waals surface area contributed by atoms with Gasteiger partial charge in [0.25, 0.3) is 0 Å². The van der Waals surface area contributed by atoms with Crippen LogP contribution >= 0.6 is 17.0 Å². The molecule has 2 aromatic rings. The number of aromatic nitrogens is 2. The quantitative estimate of drug-likeness (QED) is 0.783. The van der Waals surface area contributed by atoms with Crippen LogP contribution in [0.3, 0.4) is 0 Å². The third-order valence-electron chi connectivity index (χ3n) is 3.14. The molecular weight excluding hydrogens is 348 g/mol. The van der Waals surface area contributed by atoms with E-state index in [0.29, 0.717) is 18.8 Å². The Balaban J connectivity index is 0.00000242. The van der Waals surface area contributed by atoms with Gasteiger partial charge in [-0.1, -0.05) is 12.1 Å². The highest BCUT2D eigenvalue weighted by Gasteiger charge is 2.26. The Labute approximate surface area is 140 Å². The molecule has 0 aliphatic rings. The van der Waals surface area contributed by atoms with Crippen molar-refractivity contribution in [1.29, 1.82) is 0 Å². The van der Waals surface area contributed by atoms with Gasteiger partial charge in [-0.15, -0.1) is 17.0 Å². The molecule has 1 heterocycles. The zero-order chi connectivity index (χ0) is 15.6. The van der Waals surface area contributed by atoms with E-state index < -0.39 is 17.7 Å². The number of nitrogen functional groups attached to an aromatic ring is 1. The van der Waals surface area contributed by atoms with Crippen molar-refractivity contribution in [3.63, 3.8) is 0 Å². The fourth-order valence-electron chi connectivity index (χ4n) is 2.25. The van der Waals surface area contributed by atoms with Crippen molar-refractivity contribution < 1.29 is 9.53 Å². The number of hydrogen-bond acceptors (Lipinski definition) is 5. The predicted octanol–water partition coefficient (Wildman–Crippen LogP) is 1.91. The van der Waals surface area contributed by atoms with Gasteiger partial charge in [0.15, 0.2) is 0 Å². The topological polar surface area (TPSA) is 96.2 Å². The van der Waals surface area contributed by atoms with Gasteiger partial charge in [-0.2, -0.15) is 0 Å². The molecule has 0 fully saturated rings. The zero-order valence-corrected chi connectivity index (χ0v) is 14.7. The molecule has 0 aliphatic carbocycles. The Morgan fingerprint density at radius 3 is 2.59 bits per heavy atom. The van der Waals surface area contributed by atoms with E-state index in [2.05, 4.69) is 4.98 Å². The first kappa shape index (κ1) is 18.6. The molecule has 0 saturated carbocycles. The van der Waals surface area contributed by atoms with Crippen molar-refractivity contribution in [1.82, 2.24) is 9.55 Å². The largest absolute Gasteiger partial charge is 0.369 e. The number of halogens is 1. The molecule has 2 rings (SSSR count). The number of ether oxygens (including phenoxy) is 1. The standard InChI is InChI=1S/C15H22N4O2.BrH/c1-15(2,3)21-13(10(16)9-20)8-19-12-7-5-4-6-11(12)18-14(19)17;/h4-7,9-10,13H,8,16H2,1-3H3,(H2,17,18);1H. The van der Waals surface area contributed by atoms with Crippen molar-refractivity contribution in [3.8, 4) is 0 Å². The molecule has 0 bridgehead atoms. The summed E-state index contributed by atoms with van der Waals surface area (Å²) in [5.74, 6) is 0.386. The van der Waals surface area contributed by atoms with Crippen molar-refractivity contribution >= 4 is 40.2 Å². The lowest BCUT2D eigenvalue weighted by molar-refractivity contribution is -0.118. The third-order valence-corrected chi connectivity index (χ3v) is 3.14. The number of imidazole rings is 1. The first-order chi connectivity index (χ1) is 9.81. The number of carbonyl (C=O) groups is 1. The van der Waals surface area contributed by atoms with Gasteiger partial charge >= 0.3 is 0 Å². The summed E-state index contributed by atoms with van der Waals surface area (Å²) in [6.07, 6.45) is 0.230. The minimum atomic E-state index is -0.718. The summed E-state index contributed by atoms with van der Waals surface area (Å²) in [5, 5.41) is 0. The van der Waals surface area contributed by atoms with Gasteiger partial charge in [0.05, 0.1) is 35.3 Å². The maximum Gasteiger partial charge on any atom is 0.201 e. The summed E-state index contributed by atoms with van der Waals surface area (Å²) in [6, 6.07) is 6.92. The van der Waals surface area contributed by atoms with E-state index in [4.69, 9.17) is 16.2 Å². The Morgan fingerprint density at radius 1 is 1.36 bits per heavy atom. The van der Waals surface area contributed by atoms with E-state index in [-0.39, 0.29) is 17.0 Å². The highest BCUT2D eigenvalue weighted by Crippen LogP contribution is 2.21. The number of carbonyl (C=O) groups excluding carboxylic acids is 1. The minimum absolute atomic E-state index is 0. The lowest BCUT2D eigenvalue weighted by Crippen LogP contribution is -2.45. The second kappa shape index (κ2) is 7.21. The molecular formula is C15H23BrN4O2. The molecule has 6 nitrogen and oxygen atoms in total. The summed E-state index contributed by atoms with van der Waals surface area (Å²) >= 11 is 0. The number of aldehydes is 1. The predicted molar refractivity (Wildman–Crippen MR) is 93.1 cm³/mol. The number of benzene rings is 1. The van der Waals surface area contributed by atoms with Crippen LogP contribution in [0.2, 0.25) is 0 Å². The van der Waals surface area contributed by atoms with E-state index in [1.807, 2.05) is 49.6 Å². The van der Waals surface area contributed by atoms with E-state index in [1.54, 1.807) is 0 Å². The lowest BCUT2D eigenvalue weighted by Gasteiger charge is -2.30. The zero-order valence-electron chi connectivity index (χ0n) is 13.0. The van der Waals surface area contributed by atoms with Gasteiger partial charge in [0.1, 0.15) is 6.29 Å². The molecule has 0 saturated heterocycles. The number of para-hydroxylation sites is 2. The third kappa shape index (κ3) is 4.28. The second-order valence-corrected chi connectivity index (χ2v) is 6.05. The summed E-state index contributed by atoms with van der Waals surface area (Å²) in [4.78, 5) is 15.4. The fourth-order valence-corrected chi connectivity index (χ4v) is 2.25. The number of anilines is 1. The maximum absolute atomic E-state index is 11.0. The average molecular weight is 371 g/mol. The van der Waals surface area contributed by atoms with Crippen molar-refractivity contribution in [3.05, 3.63) is 24.3 Å². The lowest BCUT2D eigenvalue weighted by atomic mass is 10.1. The smallest absolute Gasteiger partial charge is 0.201 e. The van der Waals surface area contributed by atoms with E-state index in [0.717, 1.165) is 11.0 Å². The van der Waals surface area contributed by atoms with Gasteiger partial charge < -0.3 is 25.6 Å². The summed E-state index contributed by atoms with van der Waals surface area (Å²) in [7, 11) is 0. The summed E-state index contributed by atoms with van der Waals surface area (Å²) in [5.41, 5.74) is 13.1. The molecule has 2 unspecified atom stereocenters. The Hall–Kier alpha value is -1.44. The molecule has 0 aliphatic heterocycles. The van der Waals surface area contributed by atoms with Gasteiger partial charge in [-0.05, 0) is 32.9 Å². The van der Waals surface area contributed by atoms with Crippen LogP contribution < -0.4 is 11.5 Å². The normalized spacial score (nSPS) is 14.4. The second-order valence-electron chi connectivity index (χ2n) is 6.05. The number of nitrogens with two attached hydrogens (primary N) is 2. The van der Waals surface area contributed by atoms with Crippen LogP contribution in [0.15, 0.2) is 24.3 Å². The molecule has 7 heteroatoms. The molecule has 1 aromatic heterocycles. The first-order valence-electron chi connectivity index (χ1n) is 6.91. The van der Waals surface area contributed by atoms with Crippen LogP contribution in [0, 0.1) is 0 Å². The van der Waals surface area contributed by atoms with Crippen LogP contribution in [0.25, 0.3) is 11.0 Å². The van der Waals surface area contributed by atoms with Crippen LogP contribution in [-0.4, -0.2) is 33.6 Å². The summed E-state index contributed by atoms with van der Waals surface area (Å²) < 4.78 is 7.74. The summed E-state index contributed by atoms with van der Waals surface area (Å²) in [6.45, 7) is 6.15. The van der Waals surface area contributed by atoms with Crippen LogP contribution in [0.1, 0.15) is 20.8 Å². The molecule has 0 spiro atoms. The number of rotatable bonds is 5. The van der Waals surface area contributed by atoms with Gasteiger partial charge in [-0.25, -0.2) is 4.98 Å². The SMILES string of the molecule is Br.CC(C)(C)OC(Cn1c(N)nc2ccccc21)C(N)C=O. The Kier molecular flexibility index (Phi) is 6.10. The molecule has 0 radical (unpaired) electrons. The van der Waals surface area contributed by atoms with Crippen molar-refractivity contribution in [2.45, 2.75) is 45.1 Å². The number of nitrogens with zero attached hydrogens (tertiary/aromatic N) is 2. The monoisotopic (exact) mass is 370 g/mol. The molecule has 0 amide bonds. The number of hydrogen-bond donors (Lipinski definition) is 2. The van der Waals surface area contributed by atoms with Gasteiger partial charge in [0.2, 0.25) is 5.95 Å². The molecule has 1 aromatic carbocycles. The molecule has 122 valence electrons. The maximum atomic E-state index is 11.0. The molecule has 4 N–H and O–H groups in total.